The van der Waals surface area contributed by atoms with Crippen molar-refractivity contribution >= 4 is 11.8 Å². The molecule has 1 N–H and O–H groups in total. The highest BCUT2D eigenvalue weighted by molar-refractivity contribution is 7.98. The second kappa shape index (κ2) is 5.89. The fourth-order valence-electron chi connectivity index (χ4n) is 1.99. The van der Waals surface area contributed by atoms with Gasteiger partial charge in [0.05, 0.1) is 0 Å². The maximum atomic E-state index is 3.52. The van der Waals surface area contributed by atoms with Gasteiger partial charge in [-0.1, -0.05) is 6.92 Å². The van der Waals surface area contributed by atoms with Gasteiger partial charge in [0, 0.05) is 30.9 Å². The van der Waals surface area contributed by atoms with Crippen molar-refractivity contribution in [3.63, 3.8) is 0 Å². The lowest BCUT2D eigenvalue weighted by molar-refractivity contribution is 0.272. The maximum Gasteiger partial charge on any atom is 0.0207 e. The molecule has 1 fully saturated rings. The Morgan fingerprint density at radius 1 is 1.62 bits per heavy atom. The fraction of sp³-hybridized carbons (Fsp3) is 1.00. The first kappa shape index (κ1) is 11.3. The summed E-state index contributed by atoms with van der Waals surface area (Å²) >= 11 is 1.95. The predicted octanol–water partition coefficient (Wildman–Crippen LogP) is 1.42. The summed E-state index contributed by atoms with van der Waals surface area (Å²) in [7, 11) is 0. The van der Waals surface area contributed by atoms with Crippen LogP contribution in [0.15, 0.2) is 0 Å². The Hall–Kier alpha value is 0.270. The number of likely N-dealkylation sites (N-methyl/N-ethyl adjacent to an activating group) is 1. The second-order valence-electron chi connectivity index (χ2n) is 3.84. The van der Waals surface area contributed by atoms with E-state index in [1.165, 1.54) is 25.3 Å². The largest absolute Gasteiger partial charge is 0.313 e. The van der Waals surface area contributed by atoms with Crippen molar-refractivity contribution in [3.05, 3.63) is 0 Å². The van der Waals surface area contributed by atoms with E-state index in [0.717, 1.165) is 18.6 Å². The summed E-state index contributed by atoms with van der Waals surface area (Å²) in [4.78, 5) is 2.60. The van der Waals surface area contributed by atoms with Crippen LogP contribution in [0, 0.1) is 0 Å². The topological polar surface area (TPSA) is 15.3 Å². The van der Waals surface area contributed by atoms with E-state index in [4.69, 9.17) is 0 Å². The summed E-state index contributed by atoms with van der Waals surface area (Å²) in [5.41, 5.74) is 0. The molecule has 3 heteroatoms. The Balaban J connectivity index is 2.23. The van der Waals surface area contributed by atoms with Gasteiger partial charge in [0.1, 0.15) is 0 Å². The molecule has 1 aliphatic rings. The molecule has 0 saturated carbocycles. The molecule has 0 aromatic carbocycles. The third-order valence-electron chi connectivity index (χ3n) is 2.74. The van der Waals surface area contributed by atoms with Crippen LogP contribution >= 0.6 is 11.8 Å². The van der Waals surface area contributed by atoms with Crippen molar-refractivity contribution < 1.29 is 0 Å². The van der Waals surface area contributed by atoms with E-state index < -0.39 is 0 Å². The predicted molar refractivity (Wildman–Crippen MR) is 61.5 cm³/mol. The van der Waals surface area contributed by atoms with E-state index in [0.29, 0.717) is 0 Å². The lowest BCUT2D eigenvalue weighted by Crippen LogP contribution is -2.37. The summed E-state index contributed by atoms with van der Waals surface area (Å²) in [5, 5.41) is 3.52. The summed E-state index contributed by atoms with van der Waals surface area (Å²) in [6, 6.07) is 1.49. The van der Waals surface area contributed by atoms with Gasteiger partial charge < -0.3 is 5.32 Å². The molecule has 2 unspecified atom stereocenters. The van der Waals surface area contributed by atoms with Crippen LogP contribution < -0.4 is 5.32 Å². The number of nitrogens with zero attached hydrogens (tertiary/aromatic N) is 1. The molecule has 0 aliphatic carbocycles. The average molecular weight is 202 g/mol. The van der Waals surface area contributed by atoms with E-state index in [9.17, 15) is 0 Å². The highest BCUT2D eigenvalue weighted by Crippen LogP contribution is 2.14. The highest BCUT2D eigenvalue weighted by atomic mass is 32.2. The molecule has 0 aromatic rings. The van der Waals surface area contributed by atoms with E-state index in [-0.39, 0.29) is 0 Å². The number of rotatable bonds is 5. The van der Waals surface area contributed by atoms with Crippen LogP contribution in [-0.2, 0) is 0 Å². The summed E-state index contributed by atoms with van der Waals surface area (Å²) in [6.07, 6.45) is 3.51. The maximum absolute atomic E-state index is 3.52. The minimum Gasteiger partial charge on any atom is -0.313 e. The number of hydrogen-bond donors (Lipinski definition) is 1. The van der Waals surface area contributed by atoms with Gasteiger partial charge in [-0.05, 0) is 26.1 Å². The van der Waals surface area contributed by atoms with Crippen LogP contribution in [0.5, 0.6) is 0 Å². The highest BCUT2D eigenvalue weighted by Gasteiger charge is 2.24. The summed E-state index contributed by atoms with van der Waals surface area (Å²) in [6.45, 7) is 8.16. The number of likely N-dealkylation sites (tertiary alicyclic amines) is 1. The Morgan fingerprint density at radius 3 is 3.00 bits per heavy atom. The summed E-state index contributed by atoms with van der Waals surface area (Å²) in [5.74, 6) is 1.26. The van der Waals surface area contributed by atoms with Crippen LogP contribution in [0.4, 0.5) is 0 Å². The first-order valence-electron chi connectivity index (χ1n) is 5.24. The smallest absolute Gasteiger partial charge is 0.0207 e. The molecule has 13 heavy (non-hydrogen) atoms. The molecule has 78 valence electrons. The molecule has 0 aromatic heterocycles. The van der Waals surface area contributed by atoms with E-state index in [1.807, 2.05) is 11.8 Å². The van der Waals surface area contributed by atoms with Crippen molar-refractivity contribution in [3.8, 4) is 0 Å². The zero-order valence-electron chi connectivity index (χ0n) is 9.05. The lowest BCUT2D eigenvalue weighted by Gasteiger charge is -2.23. The number of thioether (sulfide) groups is 1. The van der Waals surface area contributed by atoms with Gasteiger partial charge in [-0.25, -0.2) is 0 Å². The minimum absolute atomic E-state index is 0.745. The second-order valence-corrected chi connectivity index (χ2v) is 4.75. The Bertz CT molecular complexity index is 141. The van der Waals surface area contributed by atoms with Gasteiger partial charge in [0.15, 0.2) is 0 Å². The minimum atomic E-state index is 0.745. The molecule has 0 bridgehead atoms. The van der Waals surface area contributed by atoms with Crippen LogP contribution in [0.25, 0.3) is 0 Å². The van der Waals surface area contributed by atoms with E-state index in [1.54, 1.807) is 0 Å². The molecule has 1 aliphatic heterocycles. The average Bonchev–Trinajstić information content (AvgIpc) is 2.54. The van der Waals surface area contributed by atoms with Crippen molar-refractivity contribution in [2.45, 2.75) is 32.4 Å². The van der Waals surface area contributed by atoms with E-state index >= 15 is 0 Å². The normalized spacial score (nSPS) is 26.5. The Labute approximate surface area is 86.5 Å². The van der Waals surface area contributed by atoms with Crippen molar-refractivity contribution in [1.29, 1.82) is 0 Å². The van der Waals surface area contributed by atoms with Crippen molar-refractivity contribution in [1.82, 2.24) is 10.2 Å². The quantitative estimate of drug-likeness (QED) is 0.726. The molecule has 2 atom stereocenters. The third kappa shape index (κ3) is 3.49. The van der Waals surface area contributed by atoms with Gasteiger partial charge in [-0.3, -0.25) is 4.90 Å². The first-order chi connectivity index (χ1) is 6.27. The molecule has 0 amide bonds. The molecule has 2 nitrogen and oxygen atoms in total. The van der Waals surface area contributed by atoms with Crippen molar-refractivity contribution in [2.24, 2.45) is 0 Å². The van der Waals surface area contributed by atoms with Gasteiger partial charge in [0.25, 0.3) is 0 Å². The first-order valence-corrected chi connectivity index (χ1v) is 6.63. The molecule has 0 spiro atoms. The third-order valence-corrected chi connectivity index (χ3v) is 3.56. The SMILES string of the molecule is CCNC1CCN(C(C)CSC)C1. The standard InChI is InChI=1S/C10H22N2S/c1-4-11-10-5-6-12(7-10)9(2)8-13-3/h9-11H,4-8H2,1-3H3. The molecule has 0 radical (unpaired) electrons. The van der Waals surface area contributed by atoms with Crippen LogP contribution in [0.2, 0.25) is 0 Å². The molecule has 1 heterocycles. The zero-order chi connectivity index (χ0) is 9.68. The van der Waals surface area contributed by atoms with Crippen LogP contribution in [0.1, 0.15) is 20.3 Å². The molecular formula is C10H22N2S. The van der Waals surface area contributed by atoms with Crippen LogP contribution in [0.3, 0.4) is 0 Å². The van der Waals surface area contributed by atoms with Gasteiger partial charge in [-0.2, -0.15) is 11.8 Å². The van der Waals surface area contributed by atoms with Crippen molar-refractivity contribution in [2.75, 3.05) is 31.6 Å². The molecular weight excluding hydrogens is 180 g/mol. The molecule has 1 saturated heterocycles. The Kier molecular flexibility index (Phi) is 5.14. The molecule has 1 rings (SSSR count). The monoisotopic (exact) mass is 202 g/mol. The number of nitrogens with one attached hydrogen (secondary N) is 1. The van der Waals surface area contributed by atoms with Gasteiger partial charge in [-0.15, -0.1) is 0 Å². The number of hydrogen-bond acceptors (Lipinski definition) is 3. The fourth-order valence-corrected chi connectivity index (χ4v) is 2.68. The van der Waals surface area contributed by atoms with Gasteiger partial charge >= 0.3 is 0 Å². The van der Waals surface area contributed by atoms with Gasteiger partial charge in [0.2, 0.25) is 0 Å². The summed E-state index contributed by atoms with van der Waals surface area (Å²) < 4.78 is 0. The zero-order valence-corrected chi connectivity index (χ0v) is 9.86. The Morgan fingerprint density at radius 2 is 2.38 bits per heavy atom. The van der Waals surface area contributed by atoms with E-state index in [2.05, 4.69) is 30.3 Å². The lowest BCUT2D eigenvalue weighted by atomic mass is 10.3. The van der Waals surface area contributed by atoms with Crippen LogP contribution in [-0.4, -0.2) is 48.6 Å².